The topological polar surface area (TPSA) is 0 Å². The van der Waals surface area contributed by atoms with Gasteiger partial charge in [-0.15, -0.1) is 0 Å². The Bertz CT molecular complexity index is 1300. The Labute approximate surface area is 491 Å². The Morgan fingerprint density at radius 1 is 0.312 bits per heavy atom. The average Bonchev–Trinajstić information content (AvgIpc) is 3.32. The fourth-order valence-electron chi connectivity index (χ4n) is 14.8. The lowest BCUT2D eigenvalue weighted by molar-refractivity contribution is 0.0891. The highest BCUT2D eigenvalue weighted by molar-refractivity contribution is 4.87. The highest BCUT2D eigenvalue weighted by atomic mass is 14.4. The van der Waals surface area contributed by atoms with Crippen LogP contribution in [-0.4, -0.2) is 0 Å². The van der Waals surface area contributed by atoms with Gasteiger partial charge < -0.3 is 0 Å². The predicted molar refractivity (Wildman–Crippen MR) is 354 cm³/mol. The maximum Gasteiger partial charge on any atom is -0.0328 e. The van der Waals surface area contributed by atoms with Gasteiger partial charge in [0.25, 0.3) is 0 Å². The molecule has 0 aromatic heterocycles. The van der Waals surface area contributed by atoms with Crippen LogP contribution in [0.5, 0.6) is 0 Å². The molecular weight excluding hydrogens is 925 g/mol. The molecule has 11 aliphatic rings. The van der Waals surface area contributed by atoms with Crippen LogP contribution in [0.3, 0.4) is 0 Å². The molecule has 11 saturated carbocycles. The summed E-state index contributed by atoms with van der Waals surface area (Å²) >= 11 is 0. The van der Waals surface area contributed by atoms with Gasteiger partial charge in [0.1, 0.15) is 0 Å². The summed E-state index contributed by atoms with van der Waals surface area (Å²) in [7, 11) is 0. The smallest absolute Gasteiger partial charge is 0.0328 e. The molecule has 0 amide bonds. The molecule has 0 aliphatic heterocycles. The van der Waals surface area contributed by atoms with Crippen molar-refractivity contribution in [1.82, 2.24) is 0 Å². The number of hydrogen-bond donors (Lipinski definition) is 0. The quantitative estimate of drug-likeness (QED) is 0.249. The first-order valence-electron chi connectivity index (χ1n) is 35.5. The minimum Gasteiger partial charge on any atom is -0.0651 e. The second-order valence-corrected chi connectivity index (χ2v) is 34.4. The molecule has 11 rings (SSSR count). The summed E-state index contributed by atoms with van der Waals surface area (Å²) in [6.07, 6.45) is 42.2. The van der Waals surface area contributed by atoms with Crippen molar-refractivity contribution < 1.29 is 0 Å². The molecule has 0 aromatic rings. The summed E-state index contributed by atoms with van der Waals surface area (Å²) in [5, 5.41) is 0. The van der Waals surface area contributed by atoms with Crippen LogP contribution in [0.2, 0.25) is 0 Å². The van der Waals surface area contributed by atoms with E-state index < -0.39 is 0 Å². The van der Waals surface area contributed by atoms with Gasteiger partial charge in [-0.3, -0.25) is 0 Å². The van der Waals surface area contributed by atoms with E-state index in [1.807, 2.05) is 0 Å². The molecule has 0 radical (unpaired) electrons. The fraction of sp³-hybridized carbons (Fsp3) is 1.00. The van der Waals surface area contributed by atoms with Crippen LogP contribution in [0.4, 0.5) is 0 Å². The van der Waals surface area contributed by atoms with Crippen molar-refractivity contribution in [3.63, 3.8) is 0 Å². The third kappa shape index (κ3) is 28.9. The zero-order chi connectivity index (χ0) is 59.2. The zero-order valence-electron chi connectivity index (χ0n) is 59.2. The Balaban J connectivity index is 0.000000423. The lowest BCUT2D eigenvalue weighted by Gasteiger charge is -2.42. The number of rotatable bonds is 6. The predicted octanol–water partition coefficient (Wildman–Crippen LogP) is 27.0. The van der Waals surface area contributed by atoms with E-state index in [0.29, 0.717) is 21.7 Å². The van der Waals surface area contributed by atoms with E-state index in [1.54, 1.807) is 0 Å². The van der Waals surface area contributed by atoms with Crippen molar-refractivity contribution >= 4 is 0 Å². The third-order valence-corrected chi connectivity index (χ3v) is 24.8. The SMILES string of the molecule is CC1CC(C)(C)C1.CC1CC(C)(C)C1.CC1CCC1(C)C.CC1C[C@H](C)C1C.CCC1(C)CCC1.CCC1(C)CCC1.CCC1CC(C)C1.CCC1CC(C)C1.CCC1CCC1C.CCC1CC[C@@H]1C.C[C@H]1CCC1(C)C. The van der Waals surface area contributed by atoms with Gasteiger partial charge >= 0.3 is 0 Å². The Kier molecular flexibility index (Phi) is 34.4. The molecule has 11 fully saturated rings. The largest absolute Gasteiger partial charge is 0.0651 e. The standard InChI is InChI=1S/11C7H14/c2*1-6-4-7(2,3)5-6;2*1-6-4-5-7(6,2)3;1-5-4-6(2)7(5)3;2*1-3-7-4-6(2)5-7;2*1-3-7(2)5-4-6-7;2*1-3-7-5-4-6(7)2/h4*6H,4-5H2,1-3H3;5-7H,4H2,1-3H3;2*6-7H,3-5H2,1-2H3;2*3-6H2,1-2H3;2*6-7H,3-5H2,1-2H3/t;;6-;;5-,6?,7?;;;;;6-,7?;/m..0.0....0./s1. The second-order valence-electron chi connectivity index (χ2n) is 34.4. The molecule has 0 heteroatoms. The van der Waals surface area contributed by atoms with Crippen LogP contribution in [0, 0.1) is 121 Å². The molecule has 6 unspecified atom stereocenters. The molecule has 0 heterocycles. The van der Waals surface area contributed by atoms with Crippen molar-refractivity contribution in [2.45, 2.75) is 373 Å². The lowest BCUT2D eigenvalue weighted by atomic mass is 9.64. The maximum atomic E-state index is 2.39. The van der Waals surface area contributed by atoms with Gasteiger partial charge in [0, 0.05) is 0 Å². The normalized spacial score (nSPS) is 36.3. The molecular formula is C77H154. The Morgan fingerprint density at radius 2 is 0.597 bits per heavy atom. The summed E-state index contributed by atoms with van der Waals surface area (Å²) < 4.78 is 0. The number of hydrogen-bond acceptors (Lipinski definition) is 0. The summed E-state index contributed by atoms with van der Waals surface area (Å²) in [4.78, 5) is 0. The van der Waals surface area contributed by atoms with Crippen molar-refractivity contribution in [3.05, 3.63) is 0 Å². The minimum absolute atomic E-state index is 0.681. The van der Waals surface area contributed by atoms with Gasteiger partial charge in [0.2, 0.25) is 0 Å². The first-order valence-corrected chi connectivity index (χ1v) is 35.5. The molecule has 0 nitrogen and oxygen atoms in total. The highest BCUT2D eigenvalue weighted by Crippen LogP contribution is 2.48. The zero-order valence-corrected chi connectivity index (χ0v) is 59.2. The molecule has 462 valence electrons. The van der Waals surface area contributed by atoms with E-state index in [0.717, 1.165) is 99.6 Å². The summed E-state index contributed by atoms with van der Waals surface area (Å²) in [5.74, 6) is 15.5. The van der Waals surface area contributed by atoms with Gasteiger partial charge in [-0.25, -0.2) is 0 Å². The monoisotopic (exact) mass is 1080 g/mol. The Morgan fingerprint density at radius 3 is 0.610 bits per heavy atom. The van der Waals surface area contributed by atoms with Crippen molar-refractivity contribution in [3.8, 4) is 0 Å². The second kappa shape index (κ2) is 35.3. The molecule has 77 heavy (non-hydrogen) atoms. The van der Waals surface area contributed by atoms with Crippen LogP contribution in [0.1, 0.15) is 373 Å². The van der Waals surface area contributed by atoms with E-state index >= 15 is 0 Å². The molecule has 0 N–H and O–H groups in total. The molecule has 0 spiro atoms. The van der Waals surface area contributed by atoms with Crippen molar-refractivity contribution in [1.29, 1.82) is 0 Å². The first kappa shape index (κ1) is 75.0. The van der Waals surface area contributed by atoms with Crippen LogP contribution in [0.15, 0.2) is 0 Å². The van der Waals surface area contributed by atoms with Gasteiger partial charge in [0.05, 0.1) is 0 Å². The third-order valence-electron chi connectivity index (χ3n) is 24.8. The van der Waals surface area contributed by atoms with E-state index in [1.165, 1.54) is 186 Å². The molecule has 0 saturated heterocycles. The average molecular weight is 1080 g/mol. The van der Waals surface area contributed by atoms with E-state index in [2.05, 4.69) is 187 Å². The van der Waals surface area contributed by atoms with Crippen LogP contribution in [-0.2, 0) is 0 Å². The van der Waals surface area contributed by atoms with Gasteiger partial charge in [-0.05, 0) is 243 Å². The van der Waals surface area contributed by atoms with Gasteiger partial charge in [0.15, 0.2) is 0 Å². The van der Waals surface area contributed by atoms with Crippen molar-refractivity contribution in [2.24, 2.45) is 121 Å². The summed E-state index contributed by atoms with van der Waals surface area (Å²) in [6, 6.07) is 0. The fourth-order valence-corrected chi connectivity index (χ4v) is 14.8. The van der Waals surface area contributed by atoms with Crippen LogP contribution >= 0.6 is 0 Å². The molecule has 0 aromatic carbocycles. The lowest BCUT2D eigenvalue weighted by Crippen LogP contribution is -2.31. The van der Waals surface area contributed by atoms with E-state index in [9.17, 15) is 0 Å². The van der Waals surface area contributed by atoms with E-state index in [4.69, 9.17) is 0 Å². The highest BCUT2D eigenvalue weighted by Gasteiger charge is 2.36. The first-order chi connectivity index (χ1) is 35.5. The minimum atomic E-state index is 0.681. The molecule has 11 aliphatic carbocycles. The molecule has 9 atom stereocenters. The van der Waals surface area contributed by atoms with E-state index in [-0.39, 0.29) is 0 Å². The van der Waals surface area contributed by atoms with Gasteiger partial charge in [-0.1, -0.05) is 251 Å². The van der Waals surface area contributed by atoms with Crippen LogP contribution < -0.4 is 0 Å². The maximum absolute atomic E-state index is 2.39. The summed E-state index contributed by atoms with van der Waals surface area (Å²) in [5.41, 5.74) is 4.28. The van der Waals surface area contributed by atoms with Crippen LogP contribution in [0.25, 0.3) is 0 Å². The molecule has 0 bridgehead atoms. The Hall–Kier alpha value is 0. The summed E-state index contributed by atoms with van der Waals surface area (Å²) in [6.45, 7) is 63.0. The van der Waals surface area contributed by atoms with Gasteiger partial charge in [-0.2, -0.15) is 0 Å². The van der Waals surface area contributed by atoms with Crippen molar-refractivity contribution in [2.75, 3.05) is 0 Å².